The predicted molar refractivity (Wildman–Crippen MR) is 129 cm³/mol. The normalized spacial score (nSPS) is 12.2. The van der Waals surface area contributed by atoms with Gasteiger partial charge in [0.2, 0.25) is 0 Å². The Kier molecular flexibility index (Phi) is 5.50. The van der Waals surface area contributed by atoms with Crippen LogP contribution in [0.25, 0.3) is 33.8 Å². The number of nitrogens with zero attached hydrogens (tertiary/aromatic N) is 2. The van der Waals surface area contributed by atoms with Gasteiger partial charge in [0.1, 0.15) is 17.2 Å². The molecule has 0 saturated heterocycles. The van der Waals surface area contributed by atoms with Crippen molar-refractivity contribution in [2.24, 2.45) is 0 Å². The largest absolute Gasteiger partial charge is 0.394 e. The lowest BCUT2D eigenvalue weighted by Crippen LogP contribution is -2.28. The molecule has 5 N–H and O–H groups in total. The van der Waals surface area contributed by atoms with Crippen molar-refractivity contribution in [2.75, 3.05) is 11.9 Å². The van der Waals surface area contributed by atoms with Gasteiger partial charge in [-0.3, -0.25) is 4.79 Å². The third kappa shape index (κ3) is 4.16. The van der Waals surface area contributed by atoms with E-state index in [-0.39, 0.29) is 18.2 Å². The van der Waals surface area contributed by atoms with Gasteiger partial charge < -0.3 is 25.4 Å². The maximum absolute atomic E-state index is 12.9. The Hall–Kier alpha value is -4.17. The molecule has 0 spiro atoms. The van der Waals surface area contributed by atoms with Gasteiger partial charge in [-0.1, -0.05) is 30.3 Å². The highest BCUT2D eigenvalue weighted by atomic mass is 16.3. The molecule has 0 aliphatic heterocycles. The second-order valence-corrected chi connectivity index (χ2v) is 8.02. The van der Waals surface area contributed by atoms with E-state index in [1.54, 1.807) is 24.7 Å². The summed E-state index contributed by atoms with van der Waals surface area (Å²) in [6.45, 7) is 1.91. The van der Waals surface area contributed by atoms with E-state index in [1.807, 2.05) is 49.4 Å². The summed E-state index contributed by atoms with van der Waals surface area (Å²) < 4.78 is 0. The van der Waals surface area contributed by atoms with Crippen molar-refractivity contribution >= 4 is 16.7 Å². The highest BCUT2D eigenvalue weighted by molar-refractivity contribution is 5.88. The van der Waals surface area contributed by atoms with Gasteiger partial charge in [0.05, 0.1) is 29.4 Å². The van der Waals surface area contributed by atoms with E-state index in [0.717, 1.165) is 33.5 Å². The van der Waals surface area contributed by atoms with Crippen LogP contribution in [0.15, 0.2) is 71.9 Å². The number of fused-ring (bicyclic) bond motifs is 1. The van der Waals surface area contributed by atoms with E-state index in [2.05, 4.69) is 25.3 Å². The number of hydrogen-bond acceptors (Lipinski definition) is 5. The van der Waals surface area contributed by atoms with Crippen LogP contribution in [-0.4, -0.2) is 42.7 Å². The average Bonchev–Trinajstić information content (AvgIpc) is 3.50. The van der Waals surface area contributed by atoms with Crippen molar-refractivity contribution < 1.29 is 5.11 Å². The van der Waals surface area contributed by atoms with Crippen LogP contribution in [0.4, 0.5) is 5.69 Å². The maximum atomic E-state index is 12.9. The lowest BCUT2D eigenvalue weighted by molar-refractivity contribution is 0.274. The molecule has 0 saturated carbocycles. The van der Waals surface area contributed by atoms with Gasteiger partial charge in [0.25, 0.3) is 5.56 Å². The standard InChI is InChI=1S/C25H24N6O2/c1-15-11-17(23-26-9-10-27-23)13-20-22(15)31-24(30-20)21-19(7-8-28-25(21)33)29-18(14-32)12-16-5-3-2-4-6-16/h2-11,13,18,32H,12,14H2,1H3,(H,26,27)(H,30,31)(H2,28,29,33). The Morgan fingerprint density at radius 3 is 2.67 bits per heavy atom. The van der Waals surface area contributed by atoms with E-state index < -0.39 is 0 Å². The van der Waals surface area contributed by atoms with Crippen LogP contribution in [0.3, 0.4) is 0 Å². The lowest BCUT2D eigenvalue weighted by atomic mass is 10.1. The number of rotatable bonds is 7. The Morgan fingerprint density at radius 2 is 1.91 bits per heavy atom. The number of aliphatic hydroxyl groups is 1. The summed E-state index contributed by atoms with van der Waals surface area (Å²) in [7, 11) is 0. The smallest absolute Gasteiger partial charge is 0.261 e. The van der Waals surface area contributed by atoms with Crippen LogP contribution < -0.4 is 10.9 Å². The average molecular weight is 441 g/mol. The molecule has 1 unspecified atom stereocenters. The Labute approximate surface area is 189 Å². The number of hydrogen-bond donors (Lipinski definition) is 5. The van der Waals surface area contributed by atoms with Gasteiger partial charge in [0.15, 0.2) is 0 Å². The molecule has 3 aromatic heterocycles. The van der Waals surface area contributed by atoms with Gasteiger partial charge in [-0.05, 0) is 42.7 Å². The molecule has 8 nitrogen and oxygen atoms in total. The van der Waals surface area contributed by atoms with Crippen molar-refractivity contribution in [2.45, 2.75) is 19.4 Å². The fraction of sp³-hybridized carbons (Fsp3) is 0.160. The molecule has 2 aromatic carbocycles. The topological polar surface area (TPSA) is 122 Å². The summed E-state index contributed by atoms with van der Waals surface area (Å²) >= 11 is 0. The number of pyridine rings is 1. The molecule has 0 fully saturated rings. The van der Waals surface area contributed by atoms with Crippen molar-refractivity contribution in [1.29, 1.82) is 0 Å². The molecule has 3 heterocycles. The fourth-order valence-corrected chi connectivity index (χ4v) is 4.08. The van der Waals surface area contributed by atoms with Crippen LogP contribution in [0, 0.1) is 6.92 Å². The first-order valence-electron chi connectivity index (χ1n) is 10.8. The summed E-state index contributed by atoms with van der Waals surface area (Å²) in [5.74, 6) is 1.23. The molecule has 33 heavy (non-hydrogen) atoms. The van der Waals surface area contributed by atoms with E-state index >= 15 is 0 Å². The van der Waals surface area contributed by atoms with Gasteiger partial charge in [-0.25, -0.2) is 9.97 Å². The summed E-state index contributed by atoms with van der Waals surface area (Å²) in [4.78, 5) is 31.1. The molecule has 1 atom stereocenters. The van der Waals surface area contributed by atoms with Crippen molar-refractivity contribution in [3.8, 4) is 22.8 Å². The number of aryl methyl sites for hydroxylation is 1. The van der Waals surface area contributed by atoms with E-state index in [0.29, 0.717) is 23.5 Å². The lowest BCUT2D eigenvalue weighted by Gasteiger charge is -2.19. The van der Waals surface area contributed by atoms with E-state index in [9.17, 15) is 9.90 Å². The molecule has 5 aromatic rings. The van der Waals surface area contributed by atoms with Crippen LogP contribution in [0.2, 0.25) is 0 Å². The minimum Gasteiger partial charge on any atom is -0.394 e. The first kappa shape index (κ1) is 20.7. The number of nitrogens with one attached hydrogen (secondary N) is 4. The van der Waals surface area contributed by atoms with Crippen molar-refractivity contribution in [3.63, 3.8) is 0 Å². The van der Waals surface area contributed by atoms with Gasteiger partial charge in [0, 0.05) is 24.2 Å². The van der Waals surface area contributed by atoms with Crippen LogP contribution in [-0.2, 0) is 6.42 Å². The summed E-state index contributed by atoms with van der Waals surface area (Å²) in [5.41, 5.74) is 5.35. The van der Waals surface area contributed by atoms with Crippen molar-refractivity contribution in [3.05, 3.63) is 88.6 Å². The molecular formula is C25H24N6O2. The number of aromatic amines is 3. The number of anilines is 1. The predicted octanol–water partition coefficient (Wildman–Crippen LogP) is 3.63. The molecule has 0 radical (unpaired) electrons. The molecule has 0 aliphatic rings. The number of aliphatic hydroxyl groups excluding tert-OH is 1. The summed E-state index contributed by atoms with van der Waals surface area (Å²) in [5, 5.41) is 13.3. The SMILES string of the molecule is Cc1cc(-c2ncc[nH]2)cc2[nH]c(-c3c(NC(CO)Cc4ccccc4)cc[nH]c3=O)nc12. The van der Waals surface area contributed by atoms with Crippen molar-refractivity contribution in [1.82, 2.24) is 24.9 Å². The minimum atomic E-state index is -0.264. The fourth-order valence-electron chi connectivity index (χ4n) is 4.08. The molecule has 0 amide bonds. The second-order valence-electron chi connectivity index (χ2n) is 8.02. The van der Waals surface area contributed by atoms with Gasteiger partial charge in [-0.2, -0.15) is 0 Å². The highest BCUT2D eigenvalue weighted by Crippen LogP contribution is 2.29. The number of imidazole rings is 2. The van der Waals surface area contributed by atoms with Gasteiger partial charge in [-0.15, -0.1) is 0 Å². The first-order valence-corrected chi connectivity index (χ1v) is 10.8. The highest BCUT2D eigenvalue weighted by Gasteiger charge is 2.18. The van der Waals surface area contributed by atoms with E-state index in [1.165, 1.54) is 0 Å². The third-order valence-electron chi connectivity index (χ3n) is 5.65. The van der Waals surface area contributed by atoms with Gasteiger partial charge >= 0.3 is 0 Å². The minimum absolute atomic E-state index is 0.0765. The zero-order valence-corrected chi connectivity index (χ0v) is 18.1. The van der Waals surface area contributed by atoms with E-state index in [4.69, 9.17) is 4.98 Å². The molecule has 166 valence electrons. The molecule has 8 heteroatoms. The van der Waals surface area contributed by atoms with Crippen LogP contribution in [0.5, 0.6) is 0 Å². The number of aromatic nitrogens is 5. The zero-order valence-electron chi connectivity index (χ0n) is 18.1. The maximum Gasteiger partial charge on any atom is 0.261 e. The molecule has 0 bridgehead atoms. The molecule has 0 aliphatic carbocycles. The van der Waals surface area contributed by atoms with Crippen LogP contribution in [0.1, 0.15) is 11.1 Å². The molecule has 5 rings (SSSR count). The molecular weight excluding hydrogens is 416 g/mol. The quantitative estimate of drug-likeness (QED) is 0.264. The zero-order chi connectivity index (χ0) is 22.8. The monoisotopic (exact) mass is 440 g/mol. The Bertz CT molecular complexity index is 1440. The number of benzene rings is 2. The Morgan fingerprint density at radius 1 is 1.06 bits per heavy atom. The third-order valence-corrected chi connectivity index (χ3v) is 5.65. The number of H-pyrrole nitrogens is 3. The first-order chi connectivity index (χ1) is 16.1. The second kappa shape index (κ2) is 8.76. The summed E-state index contributed by atoms with van der Waals surface area (Å²) in [6.07, 6.45) is 5.70. The van der Waals surface area contributed by atoms with Crippen LogP contribution >= 0.6 is 0 Å². The summed E-state index contributed by atoms with van der Waals surface area (Å²) in [6, 6.07) is 15.4. The Balaban J connectivity index is 1.53.